The summed E-state index contributed by atoms with van der Waals surface area (Å²) in [5.74, 6) is 0.0110. The van der Waals surface area contributed by atoms with Gasteiger partial charge in [-0.1, -0.05) is 44.0 Å². The predicted molar refractivity (Wildman–Crippen MR) is 79.0 cm³/mol. The van der Waals surface area contributed by atoms with Crippen LogP contribution >= 0.6 is 11.5 Å². The molecule has 2 N–H and O–H groups in total. The normalized spacial score (nSPS) is 18.8. The molecule has 1 amide bonds. The highest BCUT2D eigenvalue weighted by atomic mass is 32.1. The number of aliphatic hydroxyl groups is 1. The first kappa shape index (κ1) is 15.4. The van der Waals surface area contributed by atoms with Crippen LogP contribution in [0.5, 0.6) is 0 Å². The van der Waals surface area contributed by atoms with Gasteiger partial charge in [-0.25, -0.2) is 0 Å². The van der Waals surface area contributed by atoms with Gasteiger partial charge in [0.05, 0.1) is 11.3 Å². The van der Waals surface area contributed by atoms with E-state index in [1.54, 1.807) is 0 Å². The highest BCUT2D eigenvalue weighted by Gasteiger charge is 2.29. The number of hydrogen-bond donors (Lipinski definition) is 2. The zero-order chi connectivity index (χ0) is 14.6. The van der Waals surface area contributed by atoms with Gasteiger partial charge in [0.25, 0.3) is 5.91 Å². The van der Waals surface area contributed by atoms with E-state index in [9.17, 15) is 9.90 Å². The lowest BCUT2D eigenvalue weighted by molar-refractivity contribution is 0.0247. The van der Waals surface area contributed by atoms with Gasteiger partial charge in [-0.3, -0.25) is 4.79 Å². The number of carbonyl (C=O) groups is 1. The molecular formula is C14H23N3O2S. The molecule has 1 saturated carbocycles. The van der Waals surface area contributed by atoms with Gasteiger partial charge >= 0.3 is 0 Å². The Morgan fingerprint density at radius 2 is 2.00 bits per heavy atom. The number of amides is 1. The summed E-state index contributed by atoms with van der Waals surface area (Å²) in [6.07, 6.45) is 5.95. The third kappa shape index (κ3) is 3.76. The zero-order valence-electron chi connectivity index (χ0n) is 12.2. The Bertz CT molecular complexity index is 451. The van der Waals surface area contributed by atoms with Crippen molar-refractivity contribution < 1.29 is 9.90 Å². The van der Waals surface area contributed by atoms with Gasteiger partial charge in [-0.15, -0.1) is 5.10 Å². The molecule has 1 aliphatic rings. The first-order valence-electron chi connectivity index (χ1n) is 7.35. The lowest BCUT2D eigenvalue weighted by Gasteiger charge is -2.26. The molecule has 0 saturated heterocycles. The van der Waals surface area contributed by atoms with E-state index >= 15 is 0 Å². The van der Waals surface area contributed by atoms with E-state index in [1.165, 1.54) is 12.8 Å². The second kappa shape index (κ2) is 6.63. The van der Waals surface area contributed by atoms with E-state index in [0.29, 0.717) is 11.4 Å². The number of rotatable bonds is 4. The molecule has 1 aromatic rings. The lowest BCUT2D eigenvalue weighted by Crippen LogP contribution is -2.42. The standard InChI is InChI=1S/C14H23N3O2S/c1-10(2)11-12(20-17-16-11)13(18)15-9-14(19)7-5-3-4-6-8-14/h10,19H,3-9H2,1-2H3,(H,15,18). The molecule has 0 aliphatic heterocycles. The van der Waals surface area contributed by atoms with Crippen molar-refractivity contribution >= 4 is 17.4 Å². The topological polar surface area (TPSA) is 75.1 Å². The maximum absolute atomic E-state index is 12.2. The molecule has 1 aliphatic carbocycles. The Balaban J connectivity index is 1.96. The monoisotopic (exact) mass is 297 g/mol. The zero-order valence-corrected chi connectivity index (χ0v) is 13.0. The number of nitrogens with one attached hydrogen (secondary N) is 1. The molecule has 0 spiro atoms. The minimum absolute atomic E-state index is 0.165. The molecule has 1 fully saturated rings. The number of hydrogen-bond acceptors (Lipinski definition) is 5. The fourth-order valence-corrected chi connectivity index (χ4v) is 3.36. The van der Waals surface area contributed by atoms with E-state index in [-0.39, 0.29) is 11.8 Å². The first-order chi connectivity index (χ1) is 9.52. The van der Waals surface area contributed by atoms with E-state index < -0.39 is 5.60 Å². The van der Waals surface area contributed by atoms with Crippen molar-refractivity contribution in [1.29, 1.82) is 0 Å². The van der Waals surface area contributed by atoms with Gasteiger partial charge in [0, 0.05) is 6.54 Å². The quantitative estimate of drug-likeness (QED) is 0.837. The van der Waals surface area contributed by atoms with Crippen LogP contribution in [-0.4, -0.2) is 32.7 Å². The minimum Gasteiger partial charge on any atom is -0.388 e. The molecule has 1 heterocycles. The summed E-state index contributed by atoms with van der Waals surface area (Å²) in [6.45, 7) is 4.31. The Morgan fingerprint density at radius 3 is 2.60 bits per heavy atom. The van der Waals surface area contributed by atoms with Crippen molar-refractivity contribution in [3.63, 3.8) is 0 Å². The molecule has 0 bridgehead atoms. The SMILES string of the molecule is CC(C)c1nnsc1C(=O)NCC1(O)CCCCCC1. The average molecular weight is 297 g/mol. The van der Waals surface area contributed by atoms with Crippen LogP contribution in [0.25, 0.3) is 0 Å². The largest absolute Gasteiger partial charge is 0.388 e. The Labute approximate surface area is 123 Å². The molecule has 112 valence electrons. The van der Waals surface area contributed by atoms with E-state index in [2.05, 4.69) is 14.9 Å². The Hall–Kier alpha value is -1.01. The van der Waals surface area contributed by atoms with Gasteiger partial charge in [0.2, 0.25) is 0 Å². The molecule has 2 rings (SSSR count). The van der Waals surface area contributed by atoms with Gasteiger partial charge in [-0.05, 0) is 30.3 Å². The summed E-state index contributed by atoms with van der Waals surface area (Å²) in [7, 11) is 0. The van der Waals surface area contributed by atoms with Crippen molar-refractivity contribution in [1.82, 2.24) is 14.9 Å². The Morgan fingerprint density at radius 1 is 1.35 bits per heavy atom. The molecule has 0 atom stereocenters. The molecule has 0 radical (unpaired) electrons. The van der Waals surface area contributed by atoms with E-state index in [1.807, 2.05) is 13.8 Å². The maximum Gasteiger partial charge on any atom is 0.265 e. The summed E-state index contributed by atoms with van der Waals surface area (Å²) >= 11 is 1.12. The summed E-state index contributed by atoms with van der Waals surface area (Å²) in [6, 6.07) is 0. The highest BCUT2D eigenvalue weighted by molar-refractivity contribution is 7.08. The molecule has 6 heteroatoms. The summed E-state index contributed by atoms with van der Waals surface area (Å²) in [4.78, 5) is 12.8. The number of carbonyl (C=O) groups excluding carboxylic acids is 1. The second-order valence-corrected chi connectivity index (χ2v) is 6.72. The summed E-state index contributed by atoms with van der Waals surface area (Å²) in [5.41, 5.74) is -0.0113. The molecule has 0 unspecified atom stereocenters. The second-order valence-electron chi connectivity index (χ2n) is 5.96. The Kier molecular flexibility index (Phi) is 5.10. The van der Waals surface area contributed by atoms with Crippen LogP contribution in [0.4, 0.5) is 0 Å². The van der Waals surface area contributed by atoms with Crippen LogP contribution in [0, 0.1) is 0 Å². The third-order valence-electron chi connectivity index (χ3n) is 3.88. The molecule has 20 heavy (non-hydrogen) atoms. The van der Waals surface area contributed by atoms with Crippen molar-refractivity contribution in [2.75, 3.05) is 6.54 Å². The summed E-state index contributed by atoms with van der Waals surface area (Å²) < 4.78 is 3.86. The smallest absolute Gasteiger partial charge is 0.265 e. The van der Waals surface area contributed by atoms with Gasteiger partial charge in [0.1, 0.15) is 4.88 Å². The van der Waals surface area contributed by atoms with Crippen LogP contribution in [0.15, 0.2) is 0 Å². The number of nitrogens with zero attached hydrogens (tertiary/aromatic N) is 2. The van der Waals surface area contributed by atoms with Crippen LogP contribution in [0.3, 0.4) is 0 Å². The minimum atomic E-state index is -0.748. The number of aromatic nitrogens is 2. The van der Waals surface area contributed by atoms with Crippen molar-refractivity contribution in [3.05, 3.63) is 10.6 Å². The third-order valence-corrected chi connectivity index (χ3v) is 4.62. The molecular weight excluding hydrogens is 274 g/mol. The molecule has 5 nitrogen and oxygen atoms in total. The van der Waals surface area contributed by atoms with Crippen molar-refractivity contribution in [3.8, 4) is 0 Å². The fourth-order valence-electron chi connectivity index (χ4n) is 2.62. The summed E-state index contributed by atoms with van der Waals surface area (Å²) in [5, 5.41) is 17.4. The van der Waals surface area contributed by atoms with Crippen molar-refractivity contribution in [2.24, 2.45) is 0 Å². The predicted octanol–water partition coefficient (Wildman–Crippen LogP) is 2.48. The molecule has 1 aromatic heterocycles. The highest BCUT2D eigenvalue weighted by Crippen LogP contribution is 2.26. The van der Waals surface area contributed by atoms with Gasteiger partial charge in [-0.2, -0.15) is 0 Å². The lowest BCUT2D eigenvalue weighted by atomic mass is 9.94. The van der Waals surface area contributed by atoms with Crippen LogP contribution in [0.2, 0.25) is 0 Å². The average Bonchev–Trinajstić information content (AvgIpc) is 2.80. The first-order valence-corrected chi connectivity index (χ1v) is 8.12. The van der Waals surface area contributed by atoms with Crippen LogP contribution in [0.1, 0.15) is 73.7 Å². The molecule has 0 aromatic carbocycles. The fraction of sp³-hybridized carbons (Fsp3) is 0.786. The maximum atomic E-state index is 12.2. The van der Waals surface area contributed by atoms with E-state index in [0.717, 1.165) is 42.9 Å². The van der Waals surface area contributed by atoms with Gasteiger partial charge < -0.3 is 10.4 Å². The van der Waals surface area contributed by atoms with Crippen LogP contribution in [-0.2, 0) is 0 Å². The van der Waals surface area contributed by atoms with Gasteiger partial charge in [0.15, 0.2) is 0 Å². The van der Waals surface area contributed by atoms with E-state index in [4.69, 9.17) is 0 Å². The van der Waals surface area contributed by atoms with Crippen molar-refractivity contribution in [2.45, 2.75) is 63.9 Å². The van der Waals surface area contributed by atoms with Crippen LogP contribution < -0.4 is 5.32 Å².